The predicted octanol–water partition coefficient (Wildman–Crippen LogP) is 3.04. The van der Waals surface area contributed by atoms with E-state index in [0.717, 1.165) is 25.7 Å². The number of rotatable bonds is 1. The number of nitrogens with one attached hydrogen (secondary N) is 1. The van der Waals surface area contributed by atoms with Crippen molar-refractivity contribution in [3.05, 3.63) is 20.6 Å². The first-order valence-corrected chi connectivity index (χ1v) is 3.56. The Morgan fingerprint density at radius 3 is 1.75 bits per heavy atom. The van der Waals surface area contributed by atoms with Crippen LogP contribution in [0.3, 0.4) is 0 Å². The van der Waals surface area contributed by atoms with Crippen LogP contribution in [0, 0.1) is 20.8 Å². The molecule has 0 heterocycles. The van der Waals surface area contributed by atoms with Gasteiger partial charge in [0.25, 0.3) is 0 Å². The zero-order valence-corrected chi connectivity index (χ0v) is 9.58. The summed E-state index contributed by atoms with van der Waals surface area (Å²) in [7, 11) is 0. The van der Waals surface area contributed by atoms with Gasteiger partial charge in [-0.3, -0.25) is 0 Å². The third kappa shape index (κ3) is 5.79. The first-order chi connectivity index (χ1) is 4.30. The molecule has 1 N–H and O–H groups in total. The molecule has 0 saturated heterocycles. The number of carbonyl (C=O) groups is 1. The summed E-state index contributed by atoms with van der Waals surface area (Å²) in [5.41, 5.74) is 6.83. The normalized spacial score (nSPS) is 16.3. The molecular formula is C9H18NOTi. The molecule has 1 aliphatic rings. The van der Waals surface area contributed by atoms with E-state index in [9.17, 15) is 4.79 Å². The van der Waals surface area contributed by atoms with Crippen molar-refractivity contribution < 1.29 is 26.5 Å². The monoisotopic (exact) mass is 204 g/mol. The van der Waals surface area contributed by atoms with Crippen molar-refractivity contribution in [2.75, 3.05) is 0 Å². The summed E-state index contributed by atoms with van der Waals surface area (Å²) in [5.74, 6) is -0.270. The van der Waals surface area contributed by atoms with Crippen LogP contribution < -0.4 is 0 Å². The minimum atomic E-state index is -0.352. The molecule has 0 aromatic rings. The third-order valence-corrected chi connectivity index (χ3v) is 1.98. The van der Waals surface area contributed by atoms with Crippen molar-refractivity contribution >= 4 is 5.91 Å². The van der Waals surface area contributed by atoms with Crippen LogP contribution in [0.5, 0.6) is 0 Å². The molecule has 0 aromatic carbocycles. The van der Waals surface area contributed by atoms with Crippen LogP contribution >= 0.6 is 0 Å². The first kappa shape index (κ1) is 18.1. The van der Waals surface area contributed by atoms with Crippen LogP contribution in [0.25, 0.3) is 5.73 Å². The van der Waals surface area contributed by atoms with Gasteiger partial charge in [0.15, 0.2) is 0 Å². The smallest absolute Gasteiger partial charge is 0.668 e. The third-order valence-electron chi connectivity index (χ3n) is 1.98. The Balaban J connectivity index is -0.000000270. The van der Waals surface area contributed by atoms with Gasteiger partial charge in [-0.25, -0.2) is 0 Å². The quantitative estimate of drug-likeness (QED) is 0.478. The topological polar surface area (TPSA) is 40.9 Å². The van der Waals surface area contributed by atoms with Crippen LogP contribution in [-0.2, 0) is 26.5 Å². The summed E-state index contributed by atoms with van der Waals surface area (Å²) in [6.45, 7) is 0. The summed E-state index contributed by atoms with van der Waals surface area (Å²) >= 11 is 0. The molecule has 1 radical (unpaired) electrons. The van der Waals surface area contributed by atoms with Gasteiger partial charge < -0.3 is 25.4 Å². The molecule has 1 saturated carbocycles. The van der Waals surface area contributed by atoms with E-state index in [4.69, 9.17) is 5.73 Å². The van der Waals surface area contributed by atoms with Crippen molar-refractivity contribution in [3.8, 4) is 0 Å². The fraction of sp³-hybridized carbons (Fsp3) is 0.667. The van der Waals surface area contributed by atoms with Crippen molar-refractivity contribution in [2.45, 2.75) is 32.1 Å². The molecule has 1 aliphatic carbocycles. The van der Waals surface area contributed by atoms with E-state index in [2.05, 4.69) is 0 Å². The molecule has 0 aromatic heterocycles. The van der Waals surface area contributed by atoms with Gasteiger partial charge in [0.2, 0.25) is 0 Å². The molecule has 0 aliphatic heterocycles. The second-order valence-corrected chi connectivity index (χ2v) is 2.70. The number of carbonyl (C=O) groups excluding carboxylic acids is 1. The van der Waals surface area contributed by atoms with Gasteiger partial charge in [-0.15, -0.1) is 0 Å². The van der Waals surface area contributed by atoms with Gasteiger partial charge in [0.1, 0.15) is 0 Å². The van der Waals surface area contributed by atoms with E-state index < -0.39 is 0 Å². The van der Waals surface area contributed by atoms with Crippen molar-refractivity contribution in [3.63, 3.8) is 0 Å². The summed E-state index contributed by atoms with van der Waals surface area (Å²) in [6.07, 6.45) is 5.47. The maximum Gasteiger partial charge on any atom is 3.00 e. The maximum absolute atomic E-state index is 10.5. The van der Waals surface area contributed by atoms with Gasteiger partial charge in [-0.05, 0) is 12.8 Å². The van der Waals surface area contributed by atoms with Gasteiger partial charge in [-0.2, -0.15) is 0 Å². The number of hydrogen-bond acceptors (Lipinski definition) is 1. The van der Waals surface area contributed by atoms with Crippen molar-refractivity contribution in [1.82, 2.24) is 0 Å². The average molecular weight is 204 g/mol. The molecule has 1 amide bonds. The van der Waals surface area contributed by atoms with E-state index in [0.29, 0.717) is 0 Å². The summed E-state index contributed by atoms with van der Waals surface area (Å²) in [6, 6.07) is 0. The van der Waals surface area contributed by atoms with Crippen LogP contribution in [0.4, 0.5) is 0 Å². The second-order valence-electron chi connectivity index (χ2n) is 2.70. The average Bonchev–Trinajstić information content (AvgIpc) is 1.90. The van der Waals surface area contributed by atoms with Gasteiger partial charge in [-0.1, -0.05) is 19.3 Å². The minimum absolute atomic E-state index is 0. The zero-order valence-electron chi connectivity index (χ0n) is 8.02. The Morgan fingerprint density at radius 2 is 1.50 bits per heavy atom. The van der Waals surface area contributed by atoms with Gasteiger partial charge in [0, 0.05) is 5.92 Å². The summed E-state index contributed by atoms with van der Waals surface area (Å²) in [5, 5.41) is 0. The molecule has 0 atom stereocenters. The zero-order chi connectivity index (χ0) is 6.69. The Bertz CT molecular complexity index is 111. The van der Waals surface area contributed by atoms with E-state index >= 15 is 0 Å². The second kappa shape index (κ2) is 9.27. The molecule has 69 valence electrons. The Labute approximate surface area is 91.2 Å². The van der Waals surface area contributed by atoms with E-state index in [1.807, 2.05) is 0 Å². The number of hydrogen-bond donors (Lipinski definition) is 0. The maximum atomic E-state index is 10.5. The SMILES string of the molecule is [CH3-].[CH3-].[NH-]C(=O)C1CCCCC1.[Ti+3]. The van der Waals surface area contributed by atoms with Crippen LogP contribution in [-0.4, -0.2) is 5.91 Å². The predicted molar refractivity (Wildman–Crippen MR) is 48.7 cm³/mol. The van der Waals surface area contributed by atoms with Crippen LogP contribution in [0.15, 0.2) is 0 Å². The van der Waals surface area contributed by atoms with Gasteiger partial charge >= 0.3 is 21.7 Å². The standard InChI is InChI=1S/C7H13NO.2CH3.Ti/c8-7(9)6-4-2-1-3-5-6;;;/h6H,1-5H2,(H2,8,9);2*1H3;/q;2*-1;+3/p-1. The summed E-state index contributed by atoms with van der Waals surface area (Å²) < 4.78 is 0. The fourth-order valence-electron chi connectivity index (χ4n) is 1.36. The van der Waals surface area contributed by atoms with Crippen LogP contribution in [0.2, 0.25) is 0 Å². The van der Waals surface area contributed by atoms with E-state index in [-0.39, 0.29) is 48.4 Å². The minimum Gasteiger partial charge on any atom is -0.668 e. The van der Waals surface area contributed by atoms with Crippen molar-refractivity contribution in [2.24, 2.45) is 5.92 Å². The molecule has 2 nitrogen and oxygen atoms in total. The largest absolute Gasteiger partial charge is 3.00 e. The number of amides is 1. The molecule has 3 heteroatoms. The molecule has 1 fully saturated rings. The molecule has 0 bridgehead atoms. The molecular weight excluding hydrogens is 186 g/mol. The Morgan fingerprint density at radius 1 is 1.08 bits per heavy atom. The Hall–Kier alpha value is 0.184. The Kier molecular flexibility index (Phi) is 14.0. The van der Waals surface area contributed by atoms with Crippen LogP contribution in [0.1, 0.15) is 32.1 Å². The molecule has 1 rings (SSSR count). The summed E-state index contributed by atoms with van der Waals surface area (Å²) in [4.78, 5) is 10.5. The first-order valence-electron chi connectivity index (χ1n) is 3.56. The fourth-order valence-corrected chi connectivity index (χ4v) is 1.36. The van der Waals surface area contributed by atoms with E-state index in [1.165, 1.54) is 6.42 Å². The van der Waals surface area contributed by atoms with Gasteiger partial charge in [0.05, 0.1) is 5.91 Å². The molecule has 0 spiro atoms. The molecule has 0 unspecified atom stereocenters. The molecule has 12 heavy (non-hydrogen) atoms. The van der Waals surface area contributed by atoms with E-state index in [1.54, 1.807) is 0 Å². The van der Waals surface area contributed by atoms with Crippen molar-refractivity contribution in [1.29, 1.82) is 0 Å².